The molecule has 1 aromatic carbocycles. The third kappa shape index (κ3) is 6.00. The summed E-state index contributed by atoms with van der Waals surface area (Å²) in [5, 5.41) is 12.2. The maximum absolute atomic E-state index is 14.6. The first-order chi connectivity index (χ1) is 21.0. The number of fused-ring (bicyclic) bond motifs is 2. The standard InChI is InChI=1S/C33H33FN8O2/c1-33(2,3)32(43)38-22-11-20(16-35-17-22)27-14-25-29(18-37-27)40-41-31(25)28-15-24-26(39-28)6-7-36-30(24)19-10-21(34)13-23(12-19)44-9-8-42(4)5/h6-7,10-18,39H,8-9H2,1-5H3,(H,38,43)(H,40,41). The van der Waals surface area contributed by atoms with Crippen molar-refractivity contribution in [2.45, 2.75) is 20.8 Å². The van der Waals surface area contributed by atoms with Crippen LogP contribution in [0.15, 0.2) is 67.3 Å². The van der Waals surface area contributed by atoms with Crippen LogP contribution in [0.4, 0.5) is 10.1 Å². The molecule has 10 nitrogen and oxygen atoms in total. The number of H-pyrrole nitrogens is 2. The number of aromatic amines is 2. The van der Waals surface area contributed by atoms with E-state index in [0.717, 1.165) is 33.1 Å². The first-order valence-corrected chi connectivity index (χ1v) is 14.2. The van der Waals surface area contributed by atoms with Gasteiger partial charge < -0.3 is 19.9 Å². The predicted molar refractivity (Wildman–Crippen MR) is 170 cm³/mol. The van der Waals surface area contributed by atoms with Gasteiger partial charge in [-0.05, 0) is 50.5 Å². The van der Waals surface area contributed by atoms with Crippen LogP contribution in [0.1, 0.15) is 20.8 Å². The number of halogens is 1. The van der Waals surface area contributed by atoms with Crippen LogP contribution < -0.4 is 10.1 Å². The predicted octanol–water partition coefficient (Wildman–Crippen LogP) is 6.29. The largest absolute Gasteiger partial charge is 0.492 e. The Hall–Kier alpha value is -5.16. The fraction of sp³-hybridized carbons (Fsp3) is 0.242. The second kappa shape index (κ2) is 11.5. The number of carbonyl (C=O) groups is 1. The molecule has 1 amide bonds. The van der Waals surface area contributed by atoms with Gasteiger partial charge in [0.2, 0.25) is 5.91 Å². The molecule has 5 aromatic heterocycles. The number of benzene rings is 1. The van der Waals surface area contributed by atoms with Crippen LogP contribution in [0, 0.1) is 11.2 Å². The third-order valence-electron chi connectivity index (χ3n) is 7.18. The molecule has 0 saturated carbocycles. The third-order valence-corrected chi connectivity index (χ3v) is 7.18. The van der Waals surface area contributed by atoms with Crippen molar-refractivity contribution >= 4 is 33.4 Å². The Morgan fingerprint density at radius 1 is 0.955 bits per heavy atom. The number of amides is 1. The summed E-state index contributed by atoms with van der Waals surface area (Å²) in [4.78, 5) is 31.5. The molecule has 0 fully saturated rings. The lowest BCUT2D eigenvalue weighted by Crippen LogP contribution is -2.27. The summed E-state index contributed by atoms with van der Waals surface area (Å²) < 4.78 is 20.5. The Kier molecular flexibility index (Phi) is 7.56. The molecule has 0 radical (unpaired) electrons. The van der Waals surface area contributed by atoms with E-state index in [2.05, 4.69) is 35.5 Å². The zero-order valence-electron chi connectivity index (χ0n) is 25.2. The van der Waals surface area contributed by atoms with E-state index in [-0.39, 0.29) is 5.91 Å². The Labute approximate surface area is 253 Å². The average Bonchev–Trinajstić information content (AvgIpc) is 3.60. The van der Waals surface area contributed by atoms with Crippen molar-refractivity contribution in [1.29, 1.82) is 0 Å². The van der Waals surface area contributed by atoms with E-state index < -0.39 is 11.2 Å². The van der Waals surface area contributed by atoms with Crippen molar-refractivity contribution in [2.75, 3.05) is 32.6 Å². The van der Waals surface area contributed by atoms with Crippen molar-refractivity contribution in [1.82, 2.24) is 35.0 Å². The molecule has 44 heavy (non-hydrogen) atoms. The normalized spacial score (nSPS) is 11.9. The van der Waals surface area contributed by atoms with E-state index in [1.807, 2.05) is 64.0 Å². The van der Waals surface area contributed by atoms with E-state index in [0.29, 0.717) is 47.2 Å². The van der Waals surface area contributed by atoms with Crippen LogP contribution in [-0.2, 0) is 4.79 Å². The number of aromatic nitrogens is 6. The fourth-order valence-electron chi connectivity index (χ4n) is 4.79. The maximum atomic E-state index is 14.6. The highest BCUT2D eigenvalue weighted by molar-refractivity contribution is 6.00. The number of hydrogen-bond acceptors (Lipinski definition) is 7. The second-order valence-electron chi connectivity index (χ2n) is 12.0. The lowest BCUT2D eigenvalue weighted by molar-refractivity contribution is -0.123. The first kappa shape index (κ1) is 28.9. The fourth-order valence-corrected chi connectivity index (χ4v) is 4.79. The number of nitrogens with one attached hydrogen (secondary N) is 3. The SMILES string of the molecule is CN(C)CCOc1cc(F)cc(-c2nccc3[nH]c(-c4n[nH]c5cnc(-c6cncc(NC(=O)C(C)(C)C)c6)cc45)cc23)c1. The monoisotopic (exact) mass is 592 g/mol. The maximum Gasteiger partial charge on any atom is 0.229 e. The van der Waals surface area contributed by atoms with E-state index >= 15 is 0 Å². The lowest BCUT2D eigenvalue weighted by atomic mass is 9.95. The molecule has 6 aromatic rings. The topological polar surface area (TPSA) is 125 Å². The van der Waals surface area contributed by atoms with E-state index in [1.165, 1.54) is 12.1 Å². The van der Waals surface area contributed by atoms with Crippen molar-refractivity contribution < 1.29 is 13.9 Å². The Morgan fingerprint density at radius 2 is 1.77 bits per heavy atom. The minimum absolute atomic E-state index is 0.101. The molecule has 224 valence electrons. The number of carbonyl (C=O) groups excluding carboxylic acids is 1. The molecule has 6 rings (SSSR count). The molecule has 0 aliphatic carbocycles. The highest BCUT2D eigenvalue weighted by atomic mass is 19.1. The minimum Gasteiger partial charge on any atom is -0.492 e. The molecule has 0 aliphatic heterocycles. The van der Waals surface area contributed by atoms with Gasteiger partial charge in [0.1, 0.15) is 23.9 Å². The number of pyridine rings is 3. The smallest absolute Gasteiger partial charge is 0.229 e. The van der Waals surface area contributed by atoms with Crippen molar-refractivity contribution in [3.63, 3.8) is 0 Å². The van der Waals surface area contributed by atoms with Gasteiger partial charge in [0.15, 0.2) is 0 Å². The minimum atomic E-state index is -0.537. The van der Waals surface area contributed by atoms with Gasteiger partial charge in [0.25, 0.3) is 0 Å². The summed E-state index contributed by atoms with van der Waals surface area (Å²) in [5.74, 6) is -0.0472. The number of anilines is 1. The molecule has 5 heterocycles. The van der Waals surface area contributed by atoms with Crippen LogP contribution in [0.25, 0.3) is 55.7 Å². The summed E-state index contributed by atoms with van der Waals surface area (Å²) in [7, 11) is 3.91. The van der Waals surface area contributed by atoms with Gasteiger partial charge in [-0.15, -0.1) is 0 Å². The molecule has 11 heteroatoms. The van der Waals surface area contributed by atoms with Crippen molar-refractivity contribution in [3.8, 4) is 39.7 Å². The summed E-state index contributed by atoms with van der Waals surface area (Å²) in [6.45, 7) is 6.73. The molecular formula is C33H33FN8O2. The Bertz CT molecular complexity index is 1990. The van der Waals surface area contributed by atoms with Gasteiger partial charge in [-0.25, -0.2) is 4.39 Å². The summed E-state index contributed by atoms with van der Waals surface area (Å²) in [6.07, 6.45) is 6.74. The molecule has 0 spiro atoms. The quantitative estimate of drug-likeness (QED) is 0.190. The van der Waals surface area contributed by atoms with Crippen LogP contribution in [0.5, 0.6) is 5.75 Å². The zero-order chi connectivity index (χ0) is 31.0. The van der Waals surface area contributed by atoms with Gasteiger partial charge in [0.05, 0.1) is 40.7 Å². The highest BCUT2D eigenvalue weighted by Gasteiger charge is 2.22. The van der Waals surface area contributed by atoms with Gasteiger partial charge in [-0.1, -0.05) is 20.8 Å². The van der Waals surface area contributed by atoms with E-state index in [1.54, 1.807) is 30.9 Å². The van der Waals surface area contributed by atoms with Gasteiger partial charge >= 0.3 is 0 Å². The van der Waals surface area contributed by atoms with E-state index in [4.69, 9.17) is 4.74 Å². The van der Waals surface area contributed by atoms with Crippen LogP contribution >= 0.6 is 0 Å². The Balaban J connectivity index is 1.35. The number of rotatable bonds is 8. The first-order valence-electron chi connectivity index (χ1n) is 14.2. The zero-order valence-corrected chi connectivity index (χ0v) is 25.2. The number of likely N-dealkylation sites (N-methyl/N-ethyl adjacent to an activating group) is 1. The van der Waals surface area contributed by atoms with Crippen molar-refractivity contribution in [3.05, 3.63) is 73.1 Å². The van der Waals surface area contributed by atoms with Gasteiger partial charge in [0, 0.05) is 57.8 Å². The van der Waals surface area contributed by atoms with Gasteiger partial charge in [-0.2, -0.15) is 5.10 Å². The van der Waals surface area contributed by atoms with Crippen LogP contribution in [0.2, 0.25) is 0 Å². The summed E-state index contributed by atoms with van der Waals surface area (Å²) >= 11 is 0. The molecule has 3 N–H and O–H groups in total. The Morgan fingerprint density at radius 3 is 2.57 bits per heavy atom. The highest BCUT2D eigenvalue weighted by Crippen LogP contribution is 2.35. The molecule has 0 unspecified atom stereocenters. The summed E-state index contributed by atoms with van der Waals surface area (Å²) in [5.41, 5.74) is 5.79. The summed E-state index contributed by atoms with van der Waals surface area (Å²) in [6, 6.07) is 12.3. The second-order valence-corrected chi connectivity index (χ2v) is 12.0. The number of nitrogens with zero attached hydrogens (tertiary/aromatic N) is 5. The number of ether oxygens (including phenoxy) is 1. The molecule has 0 aliphatic rings. The lowest BCUT2D eigenvalue weighted by Gasteiger charge is -2.17. The van der Waals surface area contributed by atoms with Crippen LogP contribution in [-0.4, -0.2) is 68.2 Å². The van der Waals surface area contributed by atoms with Crippen LogP contribution in [0.3, 0.4) is 0 Å². The molecule has 0 saturated heterocycles. The molecule has 0 atom stereocenters. The molecular weight excluding hydrogens is 559 g/mol. The molecule has 0 bridgehead atoms. The average molecular weight is 593 g/mol. The number of hydrogen-bond donors (Lipinski definition) is 3. The van der Waals surface area contributed by atoms with Crippen molar-refractivity contribution in [2.24, 2.45) is 5.41 Å². The van der Waals surface area contributed by atoms with E-state index in [9.17, 15) is 9.18 Å². The van der Waals surface area contributed by atoms with Gasteiger partial charge in [-0.3, -0.25) is 24.8 Å².